The molecule has 0 radical (unpaired) electrons. The van der Waals surface area contributed by atoms with Crippen molar-refractivity contribution in [2.75, 3.05) is 0 Å². The zero-order valence-corrected chi connectivity index (χ0v) is 13.6. The van der Waals surface area contributed by atoms with E-state index in [1.807, 2.05) is 24.3 Å². The van der Waals surface area contributed by atoms with Gasteiger partial charge in [0, 0.05) is 18.2 Å². The Morgan fingerprint density at radius 1 is 0.885 bits per heavy atom. The van der Waals surface area contributed by atoms with Gasteiger partial charge in [-0.3, -0.25) is 9.59 Å². The second-order valence-electron chi connectivity index (χ2n) is 6.03. The van der Waals surface area contributed by atoms with Gasteiger partial charge in [-0.15, -0.1) is 0 Å². The molecule has 0 saturated carbocycles. The Kier molecular flexibility index (Phi) is 3.97. The average molecular weight is 344 g/mol. The number of rotatable bonds is 3. The van der Waals surface area contributed by atoms with Gasteiger partial charge in [0.05, 0.1) is 5.56 Å². The predicted molar refractivity (Wildman–Crippen MR) is 94.3 cm³/mol. The van der Waals surface area contributed by atoms with Crippen LogP contribution < -0.4 is 0 Å². The largest absolute Gasteiger partial charge is 0.289 e. The lowest BCUT2D eigenvalue weighted by atomic mass is 9.90. The average Bonchev–Trinajstić information content (AvgIpc) is 2.67. The van der Waals surface area contributed by atoms with E-state index in [0.29, 0.717) is 12.0 Å². The first-order valence-electron chi connectivity index (χ1n) is 8.06. The third kappa shape index (κ3) is 2.95. The molecule has 4 nitrogen and oxygen atoms in total. The monoisotopic (exact) mass is 344 g/mol. The molecule has 1 aliphatic rings. The maximum Gasteiger partial charge on any atom is 0.205 e. The van der Waals surface area contributed by atoms with Crippen molar-refractivity contribution in [3.8, 4) is 11.1 Å². The molecule has 5 heteroatoms. The summed E-state index contributed by atoms with van der Waals surface area (Å²) in [4.78, 5) is 32.4. The van der Waals surface area contributed by atoms with Crippen LogP contribution in [-0.2, 0) is 6.42 Å². The zero-order chi connectivity index (χ0) is 18.1. The highest BCUT2D eigenvalue weighted by atomic mass is 19.1. The summed E-state index contributed by atoms with van der Waals surface area (Å²) >= 11 is 0. The smallest absolute Gasteiger partial charge is 0.205 e. The number of Topliss-reactive ketones (excluding diaryl/α,β-unsaturated/α-hetero) is 1. The Hall–Kier alpha value is -3.47. The van der Waals surface area contributed by atoms with Crippen molar-refractivity contribution in [3.05, 3.63) is 95.3 Å². The standard InChI is InChI=1S/C21H13FN2O2/c22-17-7-5-15(6-8-17)14-3-1-13(2-4-14)9-16-10-19(25)20-18(21(16)26)11-23-12-24-20/h1-8,10-12H,9H2. The summed E-state index contributed by atoms with van der Waals surface area (Å²) in [7, 11) is 0. The van der Waals surface area contributed by atoms with Crippen molar-refractivity contribution in [1.82, 2.24) is 9.97 Å². The number of hydrogen-bond donors (Lipinski definition) is 0. The molecule has 4 rings (SSSR count). The molecule has 0 spiro atoms. The van der Waals surface area contributed by atoms with Crippen molar-refractivity contribution in [2.24, 2.45) is 0 Å². The van der Waals surface area contributed by atoms with Crippen LogP contribution in [0.3, 0.4) is 0 Å². The lowest BCUT2D eigenvalue weighted by Gasteiger charge is -2.13. The fraction of sp³-hybridized carbons (Fsp3) is 0.0476. The predicted octanol–water partition coefficient (Wildman–Crippen LogP) is 3.83. The first-order valence-corrected chi connectivity index (χ1v) is 8.06. The second-order valence-corrected chi connectivity index (χ2v) is 6.03. The van der Waals surface area contributed by atoms with Crippen LogP contribution in [0.5, 0.6) is 0 Å². The normalized spacial score (nSPS) is 13.3. The zero-order valence-electron chi connectivity index (χ0n) is 13.6. The molecule has 0 amide bonds. The first kappa shape index (κ1) is 16.0. The number of allylic oxidation sites excluding steroid dienone is 2. The minimum atomic E-state index is -0.278. The molecule has 0 fully saturated rings. The van der Waals surface area contributed by atoms with Crippen LogP contribution in [0.4, 0.5) is 4.39 Å². The number of carbonyl (C=O) groups excluding carboxylic acids is 2. The van der Waals surface area contributed by atoms with Crippen molar-refractivity contribution in [3.63, 3.8) is 0 Å². The third-order valence-electron chi connectivity index (χ3n) is 4.31. The summed E-state index contributed by atoms with van der Waals surface area (Å²) in [5.41, 5.74) is 3.59. The molecule has 26 heavy (non-hydrogen) atoms. The summed E-state index contributed by atoms with van der Waals surface area (Å²) in [5, 5.41) is 0. The highest BCUT2D eigenvalue weighted by molar-refractivity contribution is 6.23. The van der Waals surface area contributed by atoms with Crippen molar-refractivity contribution in [1.29, 1.82) is 0 Å². The number of ketones is 2. The molecular weight excluding hydrogens is 331 g/mol. The van der Waals surface area contributed by atoms with Crippen LogP contribution in [0.1, 0.15) is 26.4 Å². The van der Waals surface area contributed by atoms with Gasteiger partial charge in [0.15, 0.2) is 5.78 Å². The molecule has 2 aromatic carbocycles. The summed E-state index contributed by atoms with van der Waals surface area (Å²) in [5.74, 6) is -0.773. The summed E-state index contributed by atoms with van der Waals surface area (Å²) < 4.78 is 13.0. The third-order valence-corrected chi connectivity index (χ3v) is 4.31. The number of fused-ring (bicyclic) bond motifs is 1. The van der Waals surface area contributed by atoms with E-state index in [-0.39, 0.29) is 28.6 Å². The molecule has 0 aliphatic heterocycles. The topological polar surface area (TPSA) is 59.9 Å². The Morgan fingerprint density at radius 3 is 2.23 bits per heavy atom. The Labute approximate surface area is 149 Å². The number of nitrogens with zero attached hydrogens (tertiary/aromatic N) is 2. The van der Waals surface area contributed by atoms with E-state index >= 15 is 0 Å². The Bertz CT molecular complexity index is 1040. The molecule has 1 heterocycles. The molecule has 126 valence electrons. The van der Waals surface area contributed by atoms with Crippen LogP contribution in [-0.4, -0.2) is 21.5 Å². The van der Waals surface area contributed by atoms with Crippen LogP contribution in [0.15, 0.2) is 72.7 Å². The fourth-order valence-corrected chi connectivity index (χ4v) is 2.97. The van der Waals surface area contributed by atoms with E-state index in [2.05, 4.69) is 9.97 Å². The SMILES string of the molecule is O=C1C(Cc2ccc(-c3ccc(F)cc3)cc2)=CC(=O)c2ncncc21. The molecule has 0 bridgehead atoms. The molecule has 0 atom stereocenters. The van der Waals surface area contributed by atoms with Gasteiger partial charge in [0.2, 0.25) is 5.78 Å². The van der Waals surface area contributed by atoms with Gasteiger partial charge in [-0.05, 0) is 34.9 Å². The number of hydrogen-bond acceptors (Lipinski definition) is 4. The lowest BCUT2D eigenvalue weighted by molar-refractivity contribution is 0.0978. The van der Waals surface area contributed by atoms with E-state index in [1.54, 1.807) is 12.1 Å². The summed E-state index contributed by atoms with van der Waals surface area (Å²) in [6, 6.07) is 13.9. The quantitative estimate of drug-likeness (QED) is 0.724. The van der Waals surface area contributed by atoms with E-state index in [0.717, 1.165) is 16.7 Å². The van der Waals surface area contributed by atoms with E-state index < -0.39 is 0 Å². The number of benzene rings is 2. The number of aromatic nitrogens is 2. The fourth-order valence-electron chi connectivity index (χ4n) is 2.97. The number of halogens is 1. The van der Waals surface area contributed by atoms with Crippen LogP contribution >= 0.6 is 0 Å². The Balaban J connectivity index is 1.57. The molecule has 1 aliphatic carbocycles. The minimum Gasteiger partial charge on any atom is -0.289 e. The van der Waals surface area contributed by atoms with Crippen LogP contribution in [0.2, 0.25) is 0 Å². The maximum atomic E-state index is 13.0. The van der Waals surface area contributed by atoms with Crippen molar-refractivity contribution >= 4 is 11.6 Å². The molecule has 3 aromatic rings. The lowest BCUT2D eigenvalue weighted by Crippen LogP contribution is -2.20. The summed E-state index contributed by atoms with van der Waals surface area (Å²) in [6.45, 7) is 0. The van der Waals surface area contributed by atoms with Gasteiger partial charge in [0.25, 0.3) is 0 Å². The van der Waals surface area contributed by atoms with Gasteiger partial charge < -0.3 is 0 Å². The van der Waals surface area contributed by atoms with Gasteiger partial charge >= 0.3 is 0 Å². The van der Waals surface area contributed by atoms with Crippen LogP contribution in [0.25, 0.3) is 11.1 Å². The molecule has 0 N–H and O–H groups in total. The van der Waals surface area contributed by atoms with Crippen LogP contribution in [0, 0.1) is 5.82 Å². The van der Waals surface area contributed by atoms with Crippen molar-refractivity contribution in [2.45, 2.75) is 6.42 Å². The van der Waals surface area contributed by atoms with E-state index in [1.165, 1.54) is 30.7 Å². The molecular formula is C21H13FN2O2. The van der Waals surface area contributed by atoms with E-state index in [9.17, 15) is 14.0 Å². The molecule has 0 saturated heterocycles. The number of carbonyl (C=O) groups is 2. The van der Waals surface area contributed by atoms with Crippen molar-refractivity contribution < 1.29 is 14.0 Å². The molecule has 1 aromatic heterocycles. The van der Waals surface area contributed by atoms with Gasteiger partial charge in [-0.1, -0.05) is 36.4 Å². The van der Waals surface area contributed by atoms with Gasteiger partial charge in [-0.2, -0.15) is 0 Å². The van der Waals surface area contributed by atoms with Gasteiger partial charge in [0.1, 0.15) is 17.8 Å². The Morgan fingerprint density at radius 2 is 1.54 bits per heavy atom. The van der Waals surface area contributed by atoms with E-state index in [4.69, 9.17) is 0 Å². The molecule has 0 unspecified atom stereocenters. The highest BCUT2D eigenvalue weighted by Gasteiger charge is 2.26. The second kappa shape index (κ2) is 6.44. The first-order chi connectivity index (χ1) is 12.6. The summed E-state index contributed by atoms with van der Waals surface area (Å²) in [6.07, 6.45) is 4.35. The minimum absolute atomic E-state index is 0.153. The maximum absolute atomic E-state index is 13.0. The highest BCUT2D eigenvalue weighted by Crippen LogP contribution is 2.24. The van der Waals surface area contributed by atoms with Gasteiger partial charge in [-0.25, -0.2) is 14.4 Å².